The maximum atomic E-state index is 9.41. The lowest BCUT2D eigenvalue weighted by Gasteiger charge is -2.41. The van der Waals surface area contributed by atoms with Crippen LogP contribution in [0, 0.1) is 11.3 Å². The van der Waals surface area contributed by atoms with Crippen LogP contribution in [0.15, 0.2) is 24.5 Å². The van der Waals surface area contributed by atoms with Crippen molar-refractivity contribution in [1.29, 1.82) is 5.26 Å². The third-order valence-electron chi connectivity index (χ3n) is 3.69. The Morgan fingerprint density at radius 1 is 1.56 bits per heavy atom. The minimum atomic E-state index is -0.167. The lowest BCUT2D eigenvalue weighted by Crippen LogP contribution is -2.52. The van der Waals surface area contributed by atoms with Crippen LogP contribution in [0.5, 0.6) is 0 Å². The Balaban J connectivity index is 2.09. The molecule has 1 fully saturated rings. The minimum Gasteiger partial charge on any atom is -0.298 e. The van der Waals surface area contributed by atoms with Gasteiger partial charge in [0.2, 0.25) is 0 Å². The highest BCUT2D eigenvalue weighted by molar-refractivity contribution is 5.20. The van der Waals surface area contributed by atoms with Gasteiger partial charge in [-0.25, -0.2) is 0 Å². The van der Waals surface area contributed by atoms with Crippen LogP contribution >= 0.6 is 0 Å². The summed E-state index contributed by atoms with van der Waals surface area (Å²) in [6.45, 7) is 8.43. The van der Waals surface area contributed by atoms with E-state index in [4.69, 9.17) is 0 Å². The van der Waals surface area contributed by atoms with E-state index in [2.05, 4.69) is 34.7 Å². The van der Waals surface area contributed by atoms with Crippen molar-refractivity contribution >= 4 is 0 Å². The average molecular weight is 244 g/mol. The molecule has 1 aromatic rings. The maximum absolute atomic E-state index is 9.41. The van der Waals surface area contributed by atoms with Crippen LogP contribution in [0.3, 0.4) is 0 Å². The van der Waals surface area contributed by atoms with Crippen molar-refractivity contribution in [2.75, 3.05) is 26.2 Å². The molecule has 4 nitrogen and oxygen atoms in total. The van der Waals surface area contributed by atoms with E-state index in [0.29, 0.717) is 6.04 Å². The smallest absolute Gasteiger partial charge is 0.125 e. The van der Waals surface area contributed by atoms with Crippen molar-refractivity contribution in [3.63, 3.8) is 0 Å². The number of hydrogen-bond donors (Lipinski definition) is 0. The van der Waals surface area contributed by atoms with Gasteiger partial charge in [0.1, 0.15) is 6.04 Å². The van der Waals surface area contributed by atoms with Gasteiger partial charge in [-0.3, -0.25) is 14.8 Å². The van der Waals surface area contributed by atoms with Crippen LogP contribution in [0.2, 0.25) is 0 Å². The van der Waals surface area contributed by atoms with Crippen molar-refractivity contribution in [3.05, 3.63) is 30.1 Å². The number of likely N-dealkylation sites (N-methyl/N-ethyl adjacent to an activating group) is 1. The summed E-state index contributed by atoms with van der Waals surface area (Å²) in [7, 11) is 0. The van der Waals surface area contributed by atoms with Crippen LogP contribution in [-0.2, 0) is 0 Å². The summed E-state index contributed by atoms with van der Waals surface area (Å²) < 4.78 is 0. The molecule has 2 atom stereocenters. The molecular formula is C14H20N4. The molecule has 1 saturated heterocycles. The molecule has 0 radical (unpaired) electrons. The largest absolute Gasteiger partial charge is 0.298 e. The quantitative estimate of drug-likeness (QED) is 0.811. The maximum Gasteiger partial charge on any atom is 0.125 e. The summed E-state index contributed by atoms with van der Waals surface area (Å²) in [5.74, 6) is 0. The molecule has 0 spiro atoms. The van der Waals surface area contributed by atoms with Crippen LogP contribution < -0.4 is 0 Å². The standard InChI is InChI=1S/C14H20N4/c1-3-17-7-8-18(11-12(17)2)14(9-15)13-5-4-6-16-10-13/h4-6,10,12,14H,3,7-8,11H2,1-2H3. The van der Waals surface area contributed by atoms with Crippen molar-refractivity contribution in [2.45, 2.75) is 25.9 Å². The molecule has 4 heteroatoms. The lowest BCUT2D eigenvalue weighted by atomic mass is 10.1. The number of hydrogen-bond acceptors (Lipinski definition) is 4. The van der Waals surface area contributed by atoms with E-state index in [0.717, 1.165) is 31.7 Å². The zero-order valence-corrected chi connectivity index (χ0v) is 11.1. The molecule has 2 heterocycles. The Labute approximate surface area is 109 Å². The van der Waals surface area contributed by atoms with Crippen LogP contribution in [-0.4, -0.2) is 47.0 Å². The van der Waals surface area contributed by atoms with Gasteiger partial charge in [-0.05, 0) is 19.5 Å². The van der Waals surface area contributed by atoms with E-state index in [1.807, 2.05) is 12.1 Å². The molecule has 0 saturated carbocycles. The van der Waals surface area contributed by atoms with Gasteiger partial charge in [0, 0.05) is 43.6 Å². The van der Waals surface area contributed by atoms with E-state index in [-0.39, 0.29) is 6.04 Å². The van der Waals surface area contributed by atoms with Gasteiger partial charge < -0.3 is 0 Å². The van der Waals surface area contributed by atoms with Crippen molar-refractivity contribution in [2.24, 2.45) is 0 Å². The lowest BCUT2D eigenvalue weighted by molar-refractivity contribution is 0.0729. The van der Waals surface area contributed by atoms with Crippen molar-refractivity contribution in [3.8, 4) is 6.07 Å². The molecule has 96 valence electrons. The van der Waals surface area contributed by atoms with Crippen LogP contribution in [0.1, 0.15) is 25.5 Å². The molecule has 0 aromatic carbocycles. The molecule has 0 amide bonds. The minimum absolute atomic E-state index is 0.167. The first-order valence-electron chi connectivity index (χ1n) is 6.54. The van der Waals surface area contributed by atoms with E-state index in [1.165, 1.54) is 0 Å². The van der Waals surface area contributed by atoms with Crippen LogP contribution in [0.4, 0.5) is 0 Å². The third-order valence-corrected chi connectivity index (χ3v) is 3.69. The zero-order chi connectivity index (χ0) is 13.0. The monoisotopic (exact) mass is 244 g/mol. The number of nitriles is 1. The second kappa shape index (κ2) is 5.94. The SMILES string of the molecule is CCN1CCN(C(C#N)c2cccnc2)CC1C. The van der Waals surface area contributed by atoms with Gasteiger partial charge in [0.25, 0.3) is 0 Å². The van der Waals surface area contributed by atoms with Gasteiger partial charge in [0.15, 0.2) is 0 Å². The first-order chi connectivity index (χ1) is 8.76. The summed E-state index contributed by atoms with van der Waals surface area (Å²) >= 11 is 0. The summed E-state index contributed by atoms with van der Waals surface area (Å²) in [5.41, 5.74) is 0.997. The molecule has 1 aromatic heterocycles. The van der Waals surface area contributed by atoms with Gasteiger partial charge in [-0.2, -0.15) is 5.26 Å². The Morgan fingerprint density at radius 3 is 2.94 bits per heavy atom. The Bertz CT molecular complexity index is 412. The molecule has 18 heavy (non-hydrogen) atoms. The zero-order valence-electron chi connectivity index (χ0n) is 11.1. The summed E-state index contributed by atoms with van der Waals surface area (Å²) in [6, 6.07) is 6.63. The summed E-state index contributed by atoms with van der Waals surface area (Å²) in [5, 5.41) is 9.41. The first kappa shape index (κ1) is 13.0. The Hall–Kier alpha value is -1.44. The fourth-order valence-corrected chi connectivity index (χ4v) is 2.63. The van der Waals surface area contributed by atoms with E-state index >= 15 is 0 Å². The normalized spacial score (nSPS) is 23.5. The molecule has 1 aliphatic heterocycles. The van der Waals surface area contributed by atoms with Crippen molar-refractivity contribution < 1.29 is 0 Å². The van der Waals surface area contributed by atoms with Gasteiger partial charge >= 0.3 is 0 Å². The molecule has 0 bridgehead atoms. The fourth-order valence-electron chi connectivity index (χ4n) is 2.63. The topological polar surface area (TPSA) is 43.2 Å². The highest BCUT2D eigenvalue weighted by Gasteiger charge is 2.28. The molecule has 0 aliphatic carbocycles. The van der Waals surface area contributed by atoms with Gasteiger partial charge in [-0.1, -0.05) is 13.0 Å². The predicted octanol–water partition coefficient (Wildman–Crippen LogP) is 1.67. The summed E-state index contributed by atoms with van der Waals surface area (Å²) in [4.78, 5) is 8.82. The first-order valence-corrected chi connectivity index (χ1v) is 6.54. The predicted molar refractivity (Wildman–Crippen MR) is 70.9 cm³/mol. The van der Waals surface area contributed by atoms with Gasteiger partial charge in [-0.15, -0.1) is 0 Å². The molecule has 2 unspecified atom stereocenters. The van der Waals surface area contributed by atoms with Crippen LogP contribution in [0.25, 0.3) is 0 Å². The highest BCUT2D eigenvalue weighted by Crippen LogP contribution is 2.22. The number of piperazine rings is 1. The van der Waals surface area contributed by atoms with E-state index < -0.39 is 0 Å². The second-order valence-corrected chi connectivity index (χ2v) is 4.79. The molecular weight excluding hydrogens is 224 g/mol. The number of rotatable bonds is 3. The average Bonchev–Trinajstić information content (AvgIpc) is 2.41. The van der Waals surface area contributed by atoms with Crippen molar-refractivity contribution in [1.82, 2.24) is 14.8 Å². The fraction of sp³-hybridized carbons (Fsp3) is 0.571. The Kier molecular flexibility index (Phi) is 4.29. The third kappa shape index (κ3) is 2.69. The number of pyridine rings is 1. The molecule has 2 rings (SSSR count). The van der Waals surface area contributed by atoms with E-state index in [1.54, 1.807) is 12.4 Å². The molecule has 0 N–H and O–H groups in total. The summed E-state index contributed by atoms with van der Waals surface area (Å²) in [6.07, 6.45) is 3.54. The Morgan fingerprint density at radius 2 is 2.39 bits per heavy atom. The highest BCUT2D eigenvalue weighted by atomic mass is 15.3. The van der Waals surface area contributed by atoms with Gasteiger partial charge in [0.05, 0.1) is 6.07 Å². The van der Waals surface area contributed by atoms with E-state index in [9.17, 15) is 5.26 Å². The number of aromatic nitrogens is 1. The number of nitrogens with zero attached hydrogens (tertiary/aromatic N) is 4. The molecule has 1 aliphatic rings. The second-order valence-electron chi connectivity index (χ2n) is 4.79.